The van der Waals surface area contributed by atoms with Gasteiger partial charge in [0.2, 0.25) is 0 Å². The highest BCUT2D eigenvalue weighted by Crippen LogP contribution is 2.39. The molecule has 6 fully saturated rings. The van der Waals surface area contributed by atoms with Crippen LogP contribution in [0, 0.1) is 36.3 Å². The van der Waals surface area contributed by atoms with Crippen molar-refractivity contribution >= 4 is 113 Å². The average molecular weight is 1640 g/mol. The summed E-state index contributed by atoms with van der Waals surface area (Å²) in [6.45, 7) is 9.86. The molecular weight excluding hydrogens is 1550 g/mol. The average Bonchev–Trinajstić information content (AvgIpc) is 0.788. The second-order valence-electron chi connectivity index (χ2n) is 30.1. The van der Waals surface area contributed by atoms with E-state index in [9.17, 15) is 73.5 Å². The third-order valence-electron chi connectivity index (χ3n) is 23.1. The number of carbonyl (C=O) groups excluding carboxylic acids is 5. The predicted octanol–water partition coefficient (Wildman–Crippen LogP) is 8.46. The Morgan fingerprint density at radius 2 is 0.900 bits per heavy atom. The van der Waals surface area contributed by atoms with Crippen LogP contribution in [0.5, 0.6) is 0 Å². The zero-order valence-corrected chi connectivity index (χ0v) is 66.9. The van der Waals surface area contributed by atoms with Crippen molar-refractivity contribution in [1.82, 2.24) is 52.8 Å². The number of imidazole rings is 1. The van der Waals surface area contributed by atoms with Crippen molar-refractivity contribution in [3.05, 3.63) is 241 Å². The Morgan fingerprint density at radius 3 is 1.33 bits per heavy atom. The van der Waals surface area contributed by atoms with Gasteiger partial charge in [0.05, 0.1) is 67.9 Å². The van der Waals surface area contributed by atoms with Gasteiger partial charge in [0, 0.05) is 167 Å². The molecule has 36 heteroatoms. The van der Waals surface area contributed by atoms with Gasteiger partial charge in [-0.25, -0.2) is 9.78 Å². The summed E-state index contributed by atoms with van der Waals surface area (Å²) in [6, 6.07) is 36.0. The van der Waals surface area contributed by atoms with Gasteiger partial charge in [-0.1, -0.05) is 92.1 Å². The molecule has 36 nitrogen and oxygen atoms in total. The summed E-state index contributed by atoms with van der Waals surface area (Å²) in [4.78, 5) is 173. The standard InChI is InChI=1S/C25H28N4O5.C21H23N5O4.C19H19N5O4.C19H22N4O5/c30-24(21-11-6-16-34-21)27-14-12-26(13-15-27)22-19-9-4-5-10-20(19)28(25(31)23(22)29(32)33)17-18-7-2-1-3-8-18;1-3-30-21(29)17-18(14-6-4-5-7-16(14)24(2)20(17)28)25-8-10-26(11-9-25)19(27)15-12-22-13-23-15;1-21-15-7-3-2-5-13(15)16(17(19(21)26)24(27)28)22-9-11-23(12-10-22)18(25)14-6-4-8-20-14;1-20-14-6-3-2-5-13(14)16(17(19(20)25)23(26)27)21-8-10-22(11-9-21)18(24)15-7-4-12-28-15/h4-6,9-11,16,18H,1-3,7-8,12-15,17H2;4-7,12-13H,3,8-11H2,1-2H3,(H,22,23);2-8,20H,9-12H2,1H3;2-3,5-6,15H,4,7-12H2,1H3. The maximum absolute atomic E-state index is 13.5. The van der Waals surface area contributed by atoms with Crippen molar-refractivity contribution in [3.63, 3.8) is 0 Å². The van der Waals surface area contributed by atoms with Gasteiger partial charge in [-0.05, 0) is 87.1 Å². The van der Waals surface area contributed by atoms with Gasteiger partial charge in [-0.2, -0.15) is 0 Å². The lowest BCUT2D eigenvalue weighted by molar-refractivity contribution is -0.385. The summed E-state index contributed by atoms with van der Waals surface area (Å²) in [6.07, 6.45) is 13.0. The fourth-order valence-corrected chi connectivity index (χ4v) is 17.0. The number of nitro groups is 3. The number of H-pyrrole nitrogens is 2. The molecule has 7 aromatic heterocycles. The van der Waals surface area contributed by atoms with Crippen LogP contribution in [-0.2, 0) is 42.0 Å². The fourth-order valence-electron chi connectivity index (χ4n) is 17.0. The number of aromatic nitrogens is 7. The van der Waals surface area contributed by atoms with Gasteiger partial charge in [-0.3, -0.25) is 68.7 Å². The first kappa shape index (κ1) is 82.7. The van der Waals surface area contributed by atoms with Crippen molar-refractivity contribution in [3.8, 4) is 0 Å². The monoisotopic (exact) mass is 1640 g/mol. The number of nitrogens with one attached hydrogen (secondary N) is 2. The highest BCUT2D eigenvalue weighted by Gasteiger charge is 2.39. The van der Waals surface area contributed by atoms with Crippen LogP contribution in [-0.4, -0.2) is 221 Å². The van der Waals surface area contributed by atoms with E-state index in [0.29, 0.717) is 185 Å². The van der Waals surface area contributed by atoms with Crippen LogP contribution in [0.3, 0.4) is 0 Å². The molecular formula is C84H92N18O18. The van der Waals surface area contributed by atoms with E-state index in [1.165, 1.54) is 46.0 Å². The van der Waals surface area contributed by atoms with E-state index in [2.05, 4.69) is 15.0 Å². The number of pyridine rings is 4. The lowest BCUT2D eigenvalue weighted by Gasteiger charge is -2.37. The van der Waals surface area contributed by atoms with Crippen molar-refractivity contribution in [2.45, 2.75) is 64.5 Å². The number of anilines is 4. The highest BCUT2D eigenvalue weighted by molar-refractivity contribution is 6.06. The Morgan fingerprint density at radius 1 is 0.467 bits per heavy atom. The van der Waals surface area contributed by atoms with Gasteiger partial charge in [0.25, 0.3) is 29.2 Å². The van der Waals surface area contributed by atoms with Crippen LogP contribution in [0.25, 0.3) is 43.6 Å². The molecule has 0 bridgehead atoms. The maximum Gasteiger partial charge on any atom is 0.357 e. The van der Waals surface area contributed by atoms with Crippen LogP contribution in [0.4, 0.5) is 39.8 Å². The van der Waals surface area contributed by atoms with E-state index >= 15 is 0 Å². The van der Waals surface area contributed by atoms with Crippen molar-refractivity contribution in [2.24, 2.45) is 27.1 Å². The summed E-state index contributed by atoms with van der Waals surface area (Å²) < 4.78 is 21.6. The minimum absolute atomic E-state index is 0.0134. The van der Waals surface area contributed by atoms with Crippen LogP contribution in [0.15, 0.2) is 170 Å². The number of piperazine rings is 4. The van der Waals surface area contributed by atoms with Gasteiger partial charge >= 0.3 is 39.7 Å². The summed E-state index contributed by atoms with van der Waals surface area (Å²) >= 11 is 0. The van der Waals surface area contributed by atoms with Gasteiger partial charge in [-0.15, -0.1) is 0 Å². The van der Waals surface area contributed by atoms with Crippen LogP contribution >= 0.6 is 0 Å². The molecule has 1 aliphatic carbocycles. The molecule has 5 saturated heterocycles. The number of furan rings is 1. The lowest BCUT2D eigenvalue weighted by atomic mass is 9.89. The van der Waals surface area contributed by atoms with Crippen LogP contribution < -0.4 is 41.8 Å². The Hall–Kier alpha value is -13.8. The molecule has 626 valence electrons. The zero-order valence-electron chi connectivity index (χ0n) is 66.9. The van der Waals surface area contributed by atoms with Crippen molar-refractivity contribution in [2.75, 3.05) is 138 Å². The third kappa shape index (κ3) is 16.8. The molecule has 17 rings (SSSR count). The van der Waals surface area contributed by atoms with Gasteiger partial charge < -0.3 is 81.3 Å². The first-order valence-electron chi connectivity index (χ1n) is 40.1. The fraction of sp³-hybridized carbons (Fsp3) is 0.381. The number of benzene rings is 4. The molecule has 6 aliphatic rings. The van der Waals surface area contributed by atoms with E-state index in [1.54, 1.807) is 124 Å². The van der Waals surface area contributed by atoms with Crippen molar-refractivity contribution < 1.29 is 52.6 Å². The summed E-state index contributed by atoms with van der Waals surface area (Å²) in [7, 11) is 4.73. The Bertz CT molecular complexity index is 5940. The van der Waals surface area contributed by atoms with E-state index < -0.39 is 54.4 Å². The molecule has 12 heterocycles. The number of esters is 1. The molecule has 120 heavy (non-hydrogen) atoms. The smallest absolute Gasteiger partial charge is 0.357 e. The lowest BCUT2D eigenvalue weighted by Crippen LogP contribution is -2.51. The van der Waals surface area contributed by atoms with E-state index in [-0.39, 0.29) is 53.4 Å². The third-order valence-corrected chi connectivity index (χ3v) is 23.1. The number of aryl methyl sites for hydroxylation is 3. The molecule has 1 atom stereocenters. The molecule has 0 spiro atoms. The molecule has 1 saturated carbocycles. The number of para-hydroxylation sites is 4. The molecule has 4 amide bonds. The Balaban J connectivity index is 0.000000131. The number of aromatic amines is 2. The van der Waals surface area contributed by atoms with Crippen LogP contribution in [0.1, 0.15) is 93.8 Å². The molecule has 0 radical (unpaired) electrons. The molecule has 11 aromatic rings. The minimum Gasteiger partial charge on any atom is -0.462 e. The first-order chi connectivity index (χ1) is 58.0. The zero-order chi connectivity index (χ0) is 84.6. The molecule has 2 N–H and O–H groups in total. The maximum atomic E-state index is 13.5. The van der Waals surface area contributed by atoms with E-state index in [4.69, 9.17) is 13.9 Å². The number of amides is 4. The highest BCUT2D eigenvalue weighted by atomic mass is 16.6. The van der Waals surface area contributed by atoms with E-state index in [1.807, 2.05) is 68.1 Å². The molecule has 4 aromatic carbocycles. The predicted molar refractivity (Wildman–Crippen MR) is 448 cm³/mol. The normalized spacial score (nSPS) is 16.5. The number of carbonyl (C=O) groups is 5. The number of hydrogen-bond acceptors (Lipinski definition) is 23. The summed E-state index contributed by atoms with van der Waals surface area (Å²) in [5, 5.41) is 38.4. The van der Waals surface area contributed by atoms with Gasteiger partial charge in [0.1, 0.15) is 40.1 Å². The summed E-state index contributed by atoms with van der Waals surface area (Å²) in [5.41, 5.74) is 1.92. The minimum atomic E-state index is -0.636. The van der Waals surface area contributed by atoms with E-state index in [0.717, 1.165) is 54.9 Å². The molecule has 1 unspecified atom stereocenters. The van der Waals surface area contributed by atoms with Crippen LogP contribution in [0.2, 0.25) is 0 Å². The number of fused-ring (bicyclic) bond motifs is 4. The SMILES string of the molecule is CCOC(=O)c1c(N2CCN(C(=O)c3cnc[nH]3)CC2)c2ccccc2n(C)c1=O.Cn1c(=O)c([N+](=O)[O-])c(N2CCN(C(=O)C3CCCO3)CC2)c2ccccc21.Cn1c(=O)c([N+](=O)[O-])c(N2CCN(C(=O)c3ccc[nH]3)CC2)c2ccccc21.O=C(c1ccco1)N1CCN(c2c([N+](=O)[O-])c(=O)n(CC3CCCCC3)c3ccccc23)CC1. The summed E-state index contributed by atoms with van der Waals surface area (Å²) in [5.74, 6) is -0.437. The number of rotatable bonds is 15. The first-order valence-corrected chi connectivity index (χ1v) is 40.1. The number of hydrogen-bond donors (Lipinski definition) is 2. The Kier molecular flexibility index (Phi) is 25.1. The largest absolute Gasteiger partial charge is 0.462 e. The second kappa shape index (κ2) is 36.4. The quantitative estimate of drug-likeness (QED) is 0.0552. The Labute approximate surface area is 685 Å². The number of ether oxygens (including phenoxy) is 2. The van der Waals surface area contributed by atoms with Gasteiger partial charge in [0.15, 0.2) is 5.76 Å². The number of nitrogens with zero attached hydrogens (tertiary/aromatic N) is 16. The topological polar surface area (TPSA) is 405 Å². The second-order valence-corrected chi connectivity index (χ2v) is 30.1. The molecule has 5 aliphatic heterocycles. The van der Waals surface area contributed by atoms with Crippen molar-refractivity contribution in [1.29, 1.82) is 0 Å².